The third kappa shape index (κ3) is 4.97. The van der Waals surface area contributed by atoms with Crippen molar-refractivity contribution in [2.24, 2.45) is 0 Å². The fourth-order valence-corrected chi connectivity index (χ4v) is 2.96. The minimum absolute atomic E-state index is 0.0865. The fourth-order valence-electron chi connectivity index (χ4n) is 2.96. The second-order valence-electron chi connectivity index (χ2n) is 6.31. The van der Waals surface area contributed by atoms with E-state index in [-0.39, 0.29) is 6.10 Å². The number of hydrogen-bond acceptors (Lipinski definition) is 3. The summed E-state index contributed by atoms with van der Waals surface area (Å²) < 4.78 is 11.8. The van der Waals surface area contributed by atoms with Gasteiger partial charge in [0.1, 0.15) is 12.4 Å². The van der Waals surface area contributed by atoms with Crippen LogP contribution in [0.15, 0.2) is 78.9 Å². The van der Waals surface area contributed by atoms with Crippen molar-refractivity contribution in [2.75, 3.05) is 13.2 Å². The predicted molar refractivity (Wildman–Crippen MR) is 108 cm³/mol. The Kier molecular flexibility index (Phi) is 6.62. The molecule has 0 aliphatic rings. The first-order valence-electron chi connectivity index (χ1n) is 9.15. The molecule has 3 aromatic rings. The number of para-hydroxylation sites is 1. The molecule has 0 fully saturated rings. The van der Waals surface area contributed by atoms with Crippen molar-refractivity contribution < 1.29 is 9.47 Å². The first-order valence-corrected chi connectivity index (χ1v) is 9.15. The molecule has 3 aromatic carbocycles. The van der Waals surface area contributed by atoms with Crippen LogP contribution in [-0.2, 0) is 4.74 Å². The highest BCUT2D eigenvalue weighted by Gasteiger charge is 2.13. The number of rotatable bonds is 8. The predicted octanol–water partition coefficient (Wildman–Crippen LogP) is 5.72. The normalized spacial score (nSPS) is 11.6. The lowest BCUT2D eigenvalue weighted by Gasteiger charge is -2.17. The van der Waals surface area contributed by atoms with Gasteiger partial charge in [-0.15, -0.1) is 0 Å². The van der Waals surface area contributed by atoms with E-state index in [1.54, 1.807) is 0 Å². The van der Waals surface area contributed by atoms with Gasteiger partial charge in [-0.3, -0.25) is 0 Å². The summed E-state index contributed by atoms with van der Waals surface area (Å²) in [4.78, 5) is 0. The van der Waals surface area contributed by atoms with Gasteiger partial charge in [0, 0.05) is 11.1 Å². The van der Waals surface area contributed by atoms with Crippen molar-refractivity contribution in [1.82, 2.24) is 0 Å². The largest absolute Gasteiger partial charge is 0.490 e. The van der Waals surface area contributed by atoms with Gasteiger partial charge in [0.25, 0.3) is 0 Å². The first-order chi connectivity index (χ1) is 13.3. The van der Waals surface area contributed by atoms with Crippen molar-refractivity contribution in [1.29, 1.82) is 5.26 Å². The quantitative estimate of drug-likeness (QED) is 0.484. The first kappa shape index (κ1) is 18.7. The number of nitriles is 1. The molecule has 136 valence electrons. The monoisotopic (exact) mass is 357 g/mol. The smallest absolute Gasteiger partial charge is 0.135 e. The Labute approximate surface area is 160 Å². The number of hydrogen-bond donors (Lipinski definition) is 0. The average Bonchev–Trinajstić information content (AvgIpc) is 2.72. The molecule has 0 aromatic heterocycles. The Morgan fingerprint density at radius 3 is 1.85 bits per heavy atom. The van der Waals surface area contributed by atoms with Crippen LogP contribution in [0.5, 0.6) is 5.75 Å². The Balaban J connectivity index is 1.88. The SMILES string of the molecule is CC(CC#N)OCCOc1c(-c2ccccc2)cccc1-c1ccccc1. The van der Waals surface area contributed by atoms with Gasteiger partial charge in [-0.05, 0) is 18.1 Å². The molecular formula is C24H23NO2. The highest BCUT2D eigenvalue weighted by molar-refractivity contribution is 5.82. The van der Waals surface area contributed by atoms with Crippen LogP contribution in [0.1, 0.15) is 13.3 Å². The molecule has 0 saturated heterocycles. The molecule has 0 spiro atoms. The minimum atomic E-state index is -0.0865. The zero-order valence-corrected chi connectivity index (χ0v) is 15.5. The van der Waals surface area contributed by atoms with E-state index in [1.165, 1.54) is 0 Å². The molecule has 0 radical (unpaired) electrons. The molecule has 0 heterocycles. The van der Waals surface area contributed by atoms with E-state index in [4.69, 9.17) is 14.7 Å². The van der Waals surface area contributed by atoms with E-state index >= 15 is 0 Å². The Bertz CT molecular complexity index is 828. The number of ether oxygens (including phenoxy) is 2. The molecule has 0 saturated carbocycles. The van der Waals surface area contributed by atoms with Gasteiger partial charge in [-0.25, -0.2) is 0 Å². The van der Waals surface area contributed by atoms with Crippen molar-refractivity contribution in [3.8, 4) is 34.1 Å². The number of nitrogens with zero attached hydrogens (tertiary/aromatic N) is 1. The van der Waals surface area contributed by atoms with E-state index in [0.717, 1.165) is 28.0 Å². The van der Waals surface area contributed by atoms with Crippen molar-refractivity contribution in [3.63, 3.8) is 0 Å². The summed E-state index contributed by atoms with van der Waals surface area (Å²) >= 11 is 0. The van der Waals surface area contributed by atoms with Crippen LogP contribution in [0.25, 0.3) is 22.3 Å². The van der Waals surface area contributed by atoms with Crippen LogP contribution in [0.4, 0.5) is 0 Å². The highest BCUT2D eigenvalue weighted by atomic mass is 16.5. The second kappa shape index (κ2) is 9.56. The second-order valence-corrected chi connectivity index (χ2v) is 6.31. The van der Waals surface area contributed by atoms with Gasteiger partial charge in [-0.2, -0.15) is 5.26 Å². The zero-order chi connectivity index (χ0) is 18.9. The summed E-state index contributed by atoms with van der Waals surface area (Å²) in [7, 11) is 0. The lowest BCUT2D eigenvalue weighted by molar-refractivity contribution is 0.0476. The van der Waals surface area contributed by atoms with E-state index in [9.17, 15) is 0 Å². The van der Waals surface area contributed by atoms with Crippen molar-refractivity contribution in [2.45, 2.75) is 19.4 Å². The maximum Gasteiger partial charge on any atom is 0.135 e. The average molecular weight is 357 g/mol. The Hall–Kier alpha value is -3.09. The summed E-state index contributed by atoms with van der Waals surface area (Å²) in [6.07, 6.45) is 0.298. The third-order valence-corrected chi connectivity index (χ3v) is 4.30. The summed E-state index contributed by atoms with van der Waals surface area (Å²) in [5.41, 5.74) is 4.34. The molecular weight excluding hydrogens is 334 g/mol. The third-order valence-electron chi connectivity index (χ3n) is 4.30. The summed E-state index contributed by atoms with van der Waals surface area (Å²) in [5.74, 6) is 0.853. The molecule has 3 rings (SSSR count). The van der Waals surface area contributed by atoms with Gasteiger partial charge >= 0.3 is 0 Å². The number of benzene rings is 3. The maximum atomic E-state index is 8.73. The Morgan fingerprint density at radius 2 is 1.33 bits per heavy atom. The van der Waals surface area contributed by atoms with Crippen LogP contribution in [0.3, 0.4) is 0 Å². The van der Waals surface area contributed by atoms with Crippen LogP contribution >= 0.6 is 0 Å². The topological polar surface area (TPSA) is 42.2 Å². The summed E-state index contributed by atoms with van der Waals surface area (Å²) in [6, 6.07) is 28.8. The van der Waals surface area contributed by atoms with Crippen LogP contribution in [-0.4, -0.2) is 19.3 Å². The minimum Gasteiger partial charge on any atom is -0.490 e. The van der Waals surface area contributed by atoms with Crippen molar-refractivity contribution in [3.05, 3.63) is 78.9 Å². The lowest BCUT2D eigenvalue weighted by Crippen LogP contribution is -2.14. The molecule has 0 bridgehead atoms. The van der Waals surface area contributed by atoms with E-state index in [2.05, 4.69) is 48.5 Å². The van der Waals surface area contributed by atoms with Gasteiger partial charge in [0.2, 0.25) is 0 Å². The van der Waals surface area contributed by atoms with Crippen LogP contribution < -0.4 is 4.74 Å². The fraction of sp³-hybridized carbons (Fsp3) is 0.208. The standard InChI is InChI=1S/C24H23NO2/c1-19(15-16-25)26-17-18-27-24-22(20-9-4-2-5-10-20)13-8-14-23(24)21-11-6-3-7-12-21/h2-14,19H,15,17-18H2,1H3. The zero-order valence-electron chi connectivity index (χ0n) is 15.5. The Morgan fingerprint density at radius 1 is 0.778 bits per heavy atom. The van der Waals surface area contributed by atoms with Gasteiger partial charge in [0.05, 0.1) is 25.2 Å². The van der Waals surface area contributed by atoms with Crippen molar-refractivity contribution >= 4 is 0 Å². The molecule has 27 heavy (non-hydrogen) atoms. The molecule has 3 nitrogen and oxygen atoms in total. The lowest BCUT2D eigenvalue weighted by atomic mass is 9.97. The molecule has 0 N–H and O–H groups in total. The van der Waals surface area contributed by atoms with Gasteiger partial charge in [0.15, 0.2) is 0 Å². The maximum absolute atomic E-state index is 8.73. The molecule has 1 unspecified atom stereocenters. The molecule has 3 heteroatoms. The highest BCUT2D eigenvalue weighted by Crippen LogP contribution is 2.38. The van der Waals surface area contributed by atoms with Gasteiger partial charge in [-0.1, -0.05) is 78.9 Å². The van der Waals surface area contributed by atoms with E-state index < -0.39 is 0 Å². The van der Waals surface area contributed by atoms with Crippen LogP contribution in [0, 0.1) is 11.3 Å². The molecule has 0 aliphatic carbocycles. The summed E-state index contributed by atoms with van der Waals surface area (Å²) in [5, 5.41) is 8.73. The molecule has 0 amide bonds. The van der Waals surface area contributed by atoms with E-state index in [0.29, 0.717) is 19.6 Å². The van der Waals surface area contributed by atoms with E-state index in [1.807, 2.05) is 43.3 Å². The summed E-state index contributed by atoms with van der Waals surface area (Å²) in [6.45, 7) is 2.77. The molecule has 0 aliphatic heterocycles. The molecule has 1 atom stereocenters. The van der Waals surface area contributed by atoms with Crippen LogP contribution in [0.2, 0.25) is 0 Å². The van der Waals surface area contributed by atoms with Gasteiger partial charge < -0.3 is 9.47 Å².